The molecule has 5 nitrogen and oxygen atoms in total. The molecule has 28 heavy (non-hydrogen) atoms. The van der Waals surface area contributed by atoms with E-state index in [9.17, 15) is 13.2 Å². The van der Waals surface area contributed by atoms with Gasteiger partial charge < -0.3 is 20.1 Å². The summed E-state index contributed by atoms with van der Waals surface area (Å²) in [7, 11) is 1.73. The van der Waals surface area contributed by atoms with E-state index >= 15 is 0 Å². The summed E-state index contributed by atoms with van der Waals surface area (Å²) >= 11 is 0. The van der Waals surface area contributed by atoms with E-state index in [1.165, 1.54) is 31.4 Å². The molecule has 1 fully saturated rings. The summed E-state index contributed by atoms with van der Waals surface area (Å²) < 4.78 is 46.5. The fourth-order valence-corrected chi connectivity index (χ4v) is 3.15. The first kappa shape index (κ1) is 22.3. The first-order chi connectivity index (χ1) is 13.4. The van der Waals surface area contributed by atoms with Gasteiger partial charge in [0, 0.05) is 26.8 Å². The predicted molar refractivity (Wildman–Crippen MR) is 104 cm³/mol. The minimum Gasteiger partial charge on any atom is -0.484 e. The molecule has 0 radical (unpaired) electrons. The zero-order valence-corrected chi connectivity index (χ0v) is 16.6. The maximum atomic E-state index is 12.2. The predicted octanol–water partition coefficient (Wildman–Crippen LogP) is 3.89. The third-order valence-corrected chi connectivity index (χ3v) is 4.97. The molecule has 2 rings (SSSR count). The molecule has 1 aromatic rings. The van der Waals surface area contributed by atoms with E-state index in [0.717, 1.165) is 37.6 Å². The fraction of sp³-hybridized carbons (Fsp3) is 0.650. The molecule has 0 saturated heterocycles. The van der Waals surface area contributed by atoms with Crippen LogP contribution in [0.4, 0.5) is 13.2 Å². The zero-order valence-electron chi connectivity index (χ0n) is 16.6. The van der Waals surface area contributed by atoms with Gasteiger partial charge >= 0.3 is 6.18 Å². The number of halogens is 3. The number of nitrogens with one attached hydrogen (secondary N) is 2. The van der Waals surface area contributed by atoms with Crippen LogP contribution in [0.5, 0.6) is 5.75 Å². The fourth-order valence-electron chi connectivity index (χ4n) is 3.15. The van der Waals surface area contributed by atoms with Crippen molar-refractivity contribution in [2.45, 2.75) is 45.3 Å². The Balaban J connectivity index is 1.87. The number of methoxy groups -OCH3 is 1. The van der Waals surface area contributed by atoms with Gasteiger partial charge in [-0.15, -0.1) is 0 Å². The third kappa shape index (κ3) is 7.58. The molecule has 0 unspecified atom stereocenters. The molecular weight excluding hydrogens is 371 g/mol. The summed E-state index contributed by atoms with van der Waals surface area (Å²) in [6.45, 7) is 3.52. The lowest BCUT2D eigenvalue weighted by molar-refractivity contribution is -0.153. The van der Waals surface area contributed by atoms with E-state index < -0.39 is 12.8 Å². The van der Waals surface area contributed by atoms with E-state index in [-0.39, 0.29) is 11.2 Å². The van der Waals surface area contributed by atoms with Crippen molar-refractivity contribution in [2.75, 3.05) is 33.4 Å². The quantitative estimate of drug-likeness (QED) is 0.461. The molecule has 158 valence electrons. The van der Waals surface area contributed by atoms with Crippen molar-refractivity contribution in [1.82, 2.24) is 10.6 Å². The number of nitrogens with zero attached hydrogens (tertiary/aromatic N) is 1. The van der Waals surface area contributed by atoms with Crippen LogP contribution in [-0.2, 0) is 11.3 Å². The summed E-state index contributed by atoms with van der Waals surface area (Å²) in [4.78, 5) is 4.58. The number of benzene rings is 1. The van der Waals surface area contributed by atoms with E-state index in [4.69, 9.17) is 9.47 Å². The van der Waals surface area contributed by atoms with Gasteiger partial charge in [0.2, 0.25) is 0 Å². The Kier molecular flexibility index (Phi) is 8.41. The summed E-state index contributed by atoms with van der Waals surface area (Å²) in [5.74, 6) is 0.934. The number of ether oxygens (including phenoxy) is 2. The van der Waals surface area contributed by atoms with Crippen LogP contribution in [0.15, 0.2) is 29.3 Å². The molecule has 8 heteroatoms. The number of rotatable bonds is 10. The van der Waals surface area contributed by atoms with Crippen molar-refractivity contribution >= 4 is 5.96 Å². The van der Waals surface area contributed by atoms with Gasteiger partial charge in [-0.1, -0.05) is 18.6 Å². The highest BCUT2D eigenvalue weighted by molar-refractivity contribution is 5.79. The lowest BCUT2D eigenvalue weighted by Crippen LogP contribution is -2.46. The van der Waals surface area contributed by atoms with Crippen LogP contribution in [-0.4, -0.2) is 45.5 Å². The number of hydrogen-bond acceptors (Lipinski definition) is 3. The Morgan fingerprint density at radius 2 is 1.89 bits per heavy atom. The first-order valence-corrected chi connectivity index (χ1v) is 9.65. The maximum absolute atomic E-state index is 12.2. The third-order valence-electron chi connectivity index (χ3n) is 4.97. The average molecular weight is 401 g/mol. The number of guanidine groups is 1. The highest BCUT2D eigenvalue weighted by Gasteiger charge is 2.36. The lowest BCUT2D eigenvalue weighted by atomic mass is 9.67. The highest BCUT2D eigenvalue weighted by atomic mass is 19.4. The molecule has 1 aromatic carbocycles. The van der Waals surface area contributed by atoms with E-state index in [2.05, 4.69) is 15.6 Å². The standard InChI is InChI=1S/C20H30F3N3O2/c1-3-24-18(26-14-19(9-4-10-19)11-12-27-2)25-13-16-5-7-17(8-6-16)28-15-20(21,22)23/h5-8H,3-4,9-15H2,1-2H3,(H2,24,25,26). The Labute approximate surface area is 164 Å². The Morgan fingerprint density at radius 1 is 1.18 bits per heavy atom. The van der Waals surface area contributed by atoms with Crippen molar-refractivity contribution in [1.29, 1.82) is 0 Å². The second kappa shape index (κ2) is 10.5. The molecule has 0 spiro atoms. The summed E-state index contributed by atoms with van der Waals surface area (Å²) in [6.07, 6.45) is 0.345. The second-order valence-corrected chi connectivity index (χ2v) is 7.19. The minimum absolute atomic E-state index is 0.195. The van der Waals surface area contributed by atoms with E-state index in [1.807, 2.05) is 6.92 Å². The Bertz CT molecular complexity index is 614. The molecule has 1 aliphatic carbocycles. The van der Waals surface area contributed by atoms with Gasteiger partial charge in [0.1, 0.15) is 5.75 Å². The highest BCUT2D eigenvalue weighted by Crippen LogP contribution is 2.43. The molecule has 0 aromatic heterocycles. The molecule has 0 aliphatic heterocycles. The number of hydrogen-bond donors (Lipinski definition) is 2. The largest absolute Gasteiger partial charge is 0.484 e. The van der Waals surface area contributed by atoms with Crippen LogP contribution in [0.25, 0.3) is 0 Å². The zero-order chi connectivity index (χ0) is 20.5. The Morgan fingerprint density at radius 3 is 2.43 bits per heavy atom. The molecule has 0 atom stereocenters. The topological polar surface area (TPSA) is 54.9 Å². The van der Waals surface area contributed by atoms with E-state index in [1.54, 1.807) is 19.2 Å². The van der Waals surface area contributed by atoms with Gasteiger partial charge in [-0.2, -0.15) is 13.2 Å². The van der Waals surface area contributed by atoms with Crippen LogP contribution >= 0.6 is 0 Å². The van der Waals surface area contributed by atoms with Gasteiger partial charge in [0.15, 0.2) is 12.6 Å². The monoisotopic (exact) mass is 401 g/mol. The minimum atomic E-state index is -4.34. The normalized spacial score (nSPS) is 16.4. The van der Waals surface area contributed by atoms with Crippen molar-refractivity contribution in [3.63, 3.8) is 0 Å². The molecule has 0 bridgehead atoms. The molecular formula is C20H30F3N3O2. The van der Waals surface area contributed by atoms with Crippen LogP contribution in [0.3, 0.4) is 0 Å². The van der Waals surface area contributed by atoms with Crippen molar-refractivity contribution in [3.05, 3.63) is 29.8 Å². The van der Waals surface area contributed by atoms with Gasteiger partial charge in [-0.05, 0) is 49.3 Å². The molecule has 0 amide bonds. The molecule has 1 aliphatic rings. The van der Waals surface area contributed by atoms with Gasteiger partial charge in [-0.3, -0.25) is 0 Å². The first-order valence-electron chi connectivity index (χ1n) is 9.65. The van der Waals surface area contributed by atoms with Crippen LogP contribution in [0, 0.1) is 5.41 Å². The van der Waals surface area contributed by atoms with Crippen molar-refractivity contribution in [3.8, 4) is 5.75 Å². The smallest absolute Gasteiger partial charge is 0.422 e. The van der Waals surface area contributed by atoms with Crippen LogP contribution in [0.2, 0.25) is 0 Å². The van der Waals surface area contributed by atoms with E-state index in [0.29, 0.717) is 6.54 Å². The number of aliphatic imine (C=N–C) groups is 1. The second-order valence-electron chi connectivity index (χ2n) is 7.19. The van der Waals surface area contributed by atoms with Crippen LogP contribution in [0.1, 0.15) is 38.2 Å². The maximum Gasteiger partial charge on any atom is 0.422 e. The summed E-state index contributed by atoms with van der Waals surface area (Å²) in [6, 6.07) is 6.52. The SMILES string of the molecule is CCNC(=NCc1ccc(OCC(F)(F)F)cc1)NCC1(CCOC)CCC1. The van der Waals surface area contributed by atoms with Gasteiger partial charge in [0.25, 0.3) is 0 Å². The van der Waals surface area contributed by atoms with Crippen LogP contribution < -0.4 is 15.4 Å². The summed E-state index contributed by atoms with van der Waals surface area (Å²) in [5.41, 5.74) is 1.18. The molecule has 0 heterocycles. The number of alkyl halides is 3. The lowest BCUT2D eigenvalue weighted by Gasteiger charge is -2.42. The molecule has 1 saturated carbocycles. The van der Waals surface area contributed by atoms with Crippen molar-refractivity contribution in [2.24, 2.45) is 10.4 Å². The average Bonchev–Trinajstić information content (AvgIpc) is 2.63. The molecule has 2 N–H and O–H groups in total. The Hall–Kier alpha value is -1.96. The van der Waals surface area contributed by atoms with Gasteiger partial charge in [-0.25, -0.2) is 4.99 Å². The van der Waals surface area contributed by atoms with Gasteiger partial charge in [0.05, 0.1) is 6.54 Å². The summed E-state index contributed by atoms with van der Waals surface area (Å²) in [5, 5.41) is 6.66. The van der Waals surface area contributed by atoms with Crippen molar-refractivity contribution < 1.29 is 22.6 Å².